The van der Waals surface area contributed by atoms with E-state index in [4.69, 9.17) is 4.74 Å². The number of hydrogen-bond donors (Lipinski definition) is 3. The van der Waals surface area contributed by atoms with Gasteiger partial charge in [0, 0.05) is 0 Å². The van der Waals surface area contributed by atoms with E-state index in [-0.39, 0.29) is 11.0 Å². The van der Waals surface area contributed by atoms with Crippen molar-refractivity contribution in [2.45, 2.75) is 49.5 Å². The van der Waals surface area contributed by atoms with Crippen LogP contribution >= 0.6 is 0 Å². The molecule has 0 spiro atoms. The zero-order chi connectivity index (χ0) is 20.3. The standard InChI is InChI=1S/C19H24N6O3S/c1-20-29(26,27)14-8-9-16(28-13-6-4-2-3-5-7-13)15(10-14)25-19-17-18(22-11-21-17)23-12-24-19/h8-13,20H,2-7H2,1H3,(H2,21,22,23,24,25). The summed E-state index contributed by atoms with van der Waals surface area (Å²) in [5.74, 6) is 1.09. The van der Waals surface area contributed by atoms with Gasteiger partial charge in [0.05, 0.1) is 23.0 Å². The van der Waals surface area contributed by atoms with E-state index in [1.807, 2.05) is 0 Å². The molecule has 2 aromatic heterocycles. The lowest BCUT2D eigenvalue weighted by Crippen LogP contribution is -2.19. The van der Waals surface area contributed by atoms with Gasteiger partial charge in [0.15, 0.2) is 11.5 Å². The normalized spacial score (nSPS) is 15.9. The Morgan fingerprint density at radius 3 is 2.66 bits per heavy atom. The Morgan fingerprint density at radius 2 is 1.90 bits per heavy atom. The molecule has 0 bridgehead atoms. The van der Waals surface area contributed by atoms with E-state index in [9.17, 15) is 8.42 Å². The van der Waals surface area contributed by atoms with Crippen LogP contribution in [0.3, 0.4) is 0 Å². The Bertz CT molecular complexity index is 1090. The number of imidazole rings is 1. The molecule has 9 nitrogen and oxygen atoms in total. The van der Waals surface area contributed by atoms with E-state index in [0.717, 1.165) is 25.7 Å². The molecule has 4 rings (SSSR count). The summed E-state index contributed by atoms with van der Waals surface area (Å²) >= 11 is 0. The molecule has 1 aromatic carbocycles. The first-order chi connectivity index (χ1) is 14.1. The van der Waals surface area contributed by atoms with Crippen LogP contribution in [0.15, 0.2) is 35.7 Å². The van der Waals surface area contributed by atoms with Gasteiger partial charge in [0.25, 0.3) is 0 Å². The third-order valence-electron chi connectivity index (χ3n) is 5.10. The second-order valence-corrected chi connectivity index (χ2v) is 8.93. The summed E-state index contributed by atoms with van der Waals surface area (Å²) in [5.41, 5.74) is 1.68. The van der Waals surface area contributed by atoms with Gasteiger partial charge in [-0.05, 0) is 50.9 Å². The molecule has 0 atom stereocenters. The van der Waals surface area contributed by atoms with Crippen LogP contribution in [0.25, 0.3) is 11.2 Å². The lowest BCUT2D eigenvalue weighted by atomic mass is 10.1. The van der Waals surface area contributed by atoms with Crippen LogP contribution < -0.4 is 14.8 Å². The molecule has 3 N–H and O–H groups in total. The molecule has 1 aliphatic carbocycles. The largest absolute Gasteiger partial charge is 0.488 e. The Balaban J connectivity index is 1.71. The van der Waals surface area contributed by atoms with E-state index in [0.29, 0.717) is 28.4 Å². The SMILES string of the molecule is CNS(=O)(=O)c1ccc(OC2CCCCCC2)c(Nc2ncnc3nc[nH]c23)c1. The third kappa shape index (κ3) is 4.33. The Hall–Kier alpha value is -2.72. The first-order valence-electron chi connectivity index (χ1n) is 9.72. The van der Waals surface area contributed by atoms with Gasteiger partial charge in [-0.1, -0.05) is 12.8 Å². The molecule has 0 aliphatic heterocycles. The number of benzene rings is 1. The topological polar surface area (TPSA) is 122 Å². The van der Waals surface area contributed by atoms with Gasteiger partial charge in [-0.25, -0.2) is 28.1 Å². The molecule has 0 saturated heterocycles. The van der Waals surface area contributed by atoms with Crippen LogP contribution in [-0.2, 0) is 10.0 Å². The number of ether oxygens (including phenoxy) is 1. The first kappa shape index (κ1) is 19.6. The number of nitrogens with one attached hydrogen (secondary N) is 3. The highest BCUT2D eigenvalue weighted by atomic mass is 32.2. The summed E-state index contributed by atoms with van der Waals surface area (Å²) in [7, 11) is -2.21. The van der Waals surface area contributed by atoms with Crippen molar-refractivity contribution in [3.8, 4) is 5.75 Å². The van der Waals surface area contributed by atoms with Crippen molar-refractivity contribution in [2.24, 2.45) is 0 Å². The van der Waals surface area contributed by atoms with Crippen molar-refractivity contribution in [1.82, 2.24) is 24.7 Å². The van der Waals surface area contributed by atoms with Crippen molar-refractivity contribution in [3.05, 3.63) is 30.9 Å². The van der Waals surface area contributed by atoms with E-state index in [1.165, 1.54) is 32.5 Å². The van der Waals surface area contributed by atoms with Crippen LogP contribution in [-0.4, -0.2) is 41.5 Å². The molecule has 0 radical (unpaired) electrons. The summed E-state index contributed by atoms with van der Waals surface area (Å²) in [6, 6.07) is 4.81. The molecule has 3 aromatic rings. The van der Waals surface area contributed by atoms with Crippen molar-refractivity contribution in [3.63, 3.8) is 0 Å². The van der Waals surface area contributed by atoms with Gasteiger partial charge in [0.2, 0.25) is 10.0 Å². The minimum Gasteiger partial charge on any atom is -0.488 e. The maximum atomic E-state index is 12.3. The zero-order valence-electron chi connectivity index (χ0n) is 16.2. The molecule has 0 unspecified atom stereocenters. The van der Waals surface area contributed by atoms with E-state index < -0.39 is 10.0 Å². The molecule has 1 fully saturated rings. The number of fused-ring (bicyclic) bond motifs is 1. The number of hydrogen-bond acceptors (Lipinski definition) is 7. The fourth-order valence-corrected chi connectivity index (χ4v) is 4.28. The molecule has 154 valence electrons. The molecular weight excluding hydrogens is 392 g/mol. The van der Waals surface area contributed by atoms with Crippen molar-refractivity contribution in [2.75, 3.05) is 12.4 Å². The zero-order valence-corrected chi connectivity index (χ0v) is 17.0. The second-order valence-electron chi connectivity index (χ2n) is 7.05. The number of anilines is 2. The number of nitrogens with zero attached hydrogens (tertiary/aromatic N) is 3. The van der Waals surface area contributed by atoms with Crippen LogP contribution in [0.1, 0.15) is 38.5 Å². The summed E-state index contributed by atoms with van der Waals surface area (Å²) < 4.78 is 33.2. The Kier molecular flexibility index (Phi) is 5.63. The predicted octanol–water partition coefficient (Wildman–Crippen LogP) is 3.11. The highest BCUT2D eigenvalue weighted by Gasteiger charge is 2.20. The summed E-state index contributed by atoms with van der Waals surface area (Å²) in [6.45, 7) is 0. The van der Waals surface area contributed by atoms with Crippen molar-refractivity contribution < 1.29 is 13.2 Å². The number of aromatic amines is 1. The van der Waals surface area contributed by atoms with E-state index in [1.54, 1.807) is 18.2 Å². The van der Waals surface area contributed by atoms with Crippen LogP contribution in [0.5, 0.6) is 5.75 Å². The highest BCUT2D eigenvalue weighted by Crippen LogP contribution is 2.34. The average molecular weight is 417 g/mol. The van der Waals surface area contributed by atoms with Gasteiger partial charge in [0.1, 0.15) is 17.6 Å². The van der Waals surface area contributed by atoms with Crippen LogP contribution in [0.4, 0.5) is 11.5 Å². The van der Waals surface area contributed by atoms with Crippen LogP contribution in [0, 0.1) is 0 Å². The quantitative estimate of drug-likeness (QED) is 0.528. The first-order valence-corrected chi connectivity index (χ1v) is 11.2. The maximum absolute atomic E-state index is 12.3. The smallest absolute Gasteiger partial charge is 0.240 e. The predicted molar refractivity (Wildman–Crippen MR) is 110 cm³/mol. The van der Waals surface area contributed by atoms with Crippen molar-refractivity contribution in [1.29, 1.82) is 0 Å². The maximum Gasteiger partial charge on any atom is 0.240 e. The number of sulfonamides is 1. The van der Waals surface area contributed by atoms with E-state index in [2.05, 4.69) is 30.0 Å². The Morgan fingerprint density at radius 1 is 1.10 bits per heavy atom. The minimum absolute atomic E-state index is 0.113. The highest BCUT2D eigenvalue weighted by molar-refractivity contribution is 7.89. The number of H-pyrrole nitrogens is 1. The summed E-state index contributed by atoms with van der Waals surface area (Å²) in [4.78, 5) is 15.7. The van der Waals surface area contributed by atoms with Gasteiger partial charge < -0.3 is 15.0 Å². The summed E-state index contributed by atoms with van der Waals surface area (Å²) in [6.07, 6.45) is 9.78. The van der Waals surface area contributed by atoms with Crippen LogP contribution in [0.2, 0.25) is 0 Å². The molecule has 10 heteroatoms. The molecule has 29 heavy (non-hydrogen) atoms. The van der Waals surface area contributed by atoms with E-state index >= 15 is 0 Å². The molecule has 2 heterocycles. The van der Waals surface area contributed by atoms with Gasteiger partial charge in [-0.15, -0.1) is 0 Å². The number of aromatic nitrogens is 4. The molecule has 1 saturated carbocycles. The molecule has 0 amide bonds. The fourth-order valence-electron chi connectivity index (χ4n) is 3.52. The minimum atomic E-state index is -3.60. The molecule has 1 aliphatic rings. The molecular formula is C19H24N6O3S. The summed E-state index contributed by atoms with van der Waals surface area (Å²) in [5, 5.41) is 3.20. The van der Waals surface area contributed by atoms with Gasteiger partial charge in [-0.2, -0.15) is 0 Å². The lowest BCUT2D eigenvalue weighted by Gasteiger charge is -2.20. The number of rotatable bonds is 6. The van der Waals surface area contributed by atoms with Gasteiger partial charge in [-0.3, -0.25) is 0 Å². The fraction of sp³-hybridized carbons (Fsp3) is 0.421. The third-order valence-corrected chi connectivity index (χ3v) is 6.51. The monoisotopic (exact) mass is 416 g/mol. The second kappa shape index (κ2) is 8.34. The average Bonchev–Trinajstić information content (AvgIpc) is 3.07. The van der Waals surface area contributed by atoms with Crippen molar-refractivity contribution >= 4 is 32.7 Å². The Labute approximate surface area is 169 Å². The van der Waals surface area contributed by atoms with Gasteiger partial charge >= 0.3 is 0 Å². The lowest BCUT2D eigenvalue weighted by molar-refractivity contribution is 0.185.